The summed E-state index contributed by atoms with van der Waals surface area (Å²) in [5.74, 6) is 0.802. The molecular weight excluding hydrogens is 214 g/mol. The average molecular weight is 235 g/mol. The van der Waals surface area contributed by atoms with Gasteiger partial charge in [-0.25, -0.2) is 0 Å². The van der Waals surface area contributed by atoms with Gasteiger partial charge in [-0.1, -0.05) is 43.5 Å². The molecular formula is C14H21NS. The highest BCUT2D eigenvalue weighted by Crippen LogP contribution is 2.33. The van der Waals surface area contributed by atoms with Crippen LogP contribution in [0.1, 0.15) is 54.5 Å². The van der Waals surface area contributed by atoms with Crippen LogP contribution in [0.4, 0.5) is 0 Å². The third-order valence-electron chi connectivity index (χ3n) is 3.60. The van der Waals surface area contributed by atoms with E-state index >= 15 is 0 Å². The molecule has 2 rings (SSSR count). The van der Waals surface area contributed by atoms with Crippen molar-refractivity contribution >= 4 is 12.6 Å². The number of thiol groups is 1. The van der Waals surface area contributed by atoms with Crippen LogP contribution in [-0.2, 0) is 0 Å². The van der Waals surface area contributed by atoms with Crippen LogP contribution in [0.15, 0.2) is 24.3 Å². The molecule has 1 aliphatic carbocycles. The molecule has 1 fully saturated rings. The summed E-state index contributed by atoms with van der Waals surface area (Å²) in [4.78, 5) is 0. The van der Waals surface area contributed by atoms with Crippen molar-refractivity contribution in [3.63, 3.8) is 0 Å². The number of rotatable bonds is 3. The zero-order valence-corrected chi connectivity index (χ0v) is 10.8. The Balaban J connectivity index is 2.06. The van der Waals surface area contributed by atoms with E-state index in [1.54, 1.807) is 0 Å². The number of hydrogen-bond donors (Lipinski definition) is 2. The molecule has 0 amide bonds. The summed E-state index contributed by atoms with van der Waals surface area (Å²) in [5, 5.41) is 3.30. The normalized spacial score (nSPS) is 19.6. The van der Waals surface area contributed by atoms with Crippen LogP contribution < -0.4 is 5.32 Å². The predicted molar refractivity (Wildman–Crippen MR) is 73.1 cm³/mol. The molecule has 1 N–H and O–H groups in total. The first-order chi connectivity index (χ1) is 7.81. The molecule has 1 aliphatic rings. The zero-order chi connectivity index (χ0) is 11.4. The Morgan fingerprint density at radius 1 is 1.12 bits per heavy atom. The van der Waals surface area contributed by atoms with Crippen molar-refractivity contribution in [3.8, 4) is 0 Å². The van der Waals surface area contributed by atoms with Crippen molar-refractivity contribution in [1.82, 2.24) is 5.32 Å². The molecule has 1 saturated carbocycles. The fourth-order valence-corrected chi connectivity index (χ4v) is 2.73. The third kappa shape index (κ3) is 2.80. The lowest BCUT2D eigenvalue weighted by Crippen LogP contribution is -2.10. The van der Waals surface area contributed by atoms with E-state index in [4.69, 9.17) is 0 Å². The lowest BCUT2D eigenvalue weighted by atomic mass is 9.84. The Morgan fingerprint density at radius 2 is 1.75 bits per heavy atom. The molecule has 0 spiro atoms. The van der Waals surface area contributed by atoms with Crippen LogP contribution >= 0.6 is 12.6 Å². The second-order valence-electron chi connectivity index (χ2n) is 4.69. The van der Waals surface area contributed by atoms with Crippen molar-refractivity contribution < 1.29 is 0 Å². The Kier molecular flexibility index (Phi) is 4.30. The topological polar surface area (TPSA) is 12.0 Å². The maximum atomic E-state index is 4.47. The maximum Gasteiger partial charge on any atom is 0.0757 e. The van der Waals surface area contributed by atoms with E-state index in [1.807, 2.05) is 7.05 Å². The first kappa shape index (κ1) is 12.0. The highest BCUT2D eigenvalue weighted by atomic mass is 32.1. The van der Waals surface area contributed by atoms with Gasteiger partial charge < -0.3 is 5.32 Å². The third-order valence-corrected chi connectivity index (χ3v) is 4.16. The molecule has 2 heteroatoms. The molecule has 0 saturated heterocycles. The second-order valence-corrected chi connectivity index (χ2v) is 5.21. The first-order valence-corrected chi connectivity index (χ1v) is 6.78. The Bertz CT molecular complexity index is 314. The predicted octanol–water partition coefficient (Wildman–Crippen LogP) is 3.88. The minimum absolute atomic E-state index is 0.153. The average Bonchev–Trinajstić information content (AvgIpc) is 2.39. The molecule has 1 unspecified atom stereocenters. The fraction of sp³-hybridized carbons (Fsp3) is 0.571. The lowest BCUT2D eigenvalue weighted by molar-refractivity contribution is 0.443. The zero-order valence-electron chi connectivity index (χ0n) is 9.95. The van der Waals surface area contributed by atoms with Gasteiger partial charge in [-0.05, 0) is 36.9 Å². The molecule has 16 heavy (non-hydrogen) atoms. The van der Waals surface area contributed by atoms with Gasteiger partial charge >= 0.3 is 0 Å². The van der Waals surface area contributed by atoms with Crippen molar-refractivity contribution in [1.29, 1.82) is 0 Å². The largest absolute Gasteiger partial charge is 0.305 e. The summed E-state index contributed by atoms with van der Waals surface area (Å²) < 4.78 is 0. The van der Waals surface area contributed by atoms with Gasteiger partial charge in [0.1, 0.15) is 0 Å². The highest BCUT2D eigenvalue weighted by molar-refractivity contribution is 7.80. The smallest absolute Gasteiger partial charge is 0.0757 e. The van der Waals surface area contributed by atoms with Crippen molar-refractivity contribution in [2.24, 2.45) is 0 Å². The number of nitrogens with one attached hydrogen (secondary N) is 1. The molecule has 1 nitrogen and oxygen atoms in total. The SMILES string of the molecule is CNC(S)c1ccc(C2CCCCC2)cc1. The molecule has 0 aromatic heterocycles. The molecule has 0 radical (unpaired) electrons. The van der Waals surface area contributed by atoms with E-state index in [0.717, 1.165) is 5.92 Å². The van der Waals surface area contributed by atoms with E-state index in [2.05, 4.69) is 42.2 Å². The van der Waals surface area contributed by atoms with Crippen LogP contribution in [0, 0.1) is 0 Å². The summed E-state index contributed by atoms with van der Waals surface area (Å²) in [5.41, 5.74) is 2.77. The van der Waals surface area contributed by atoms with Crippen LogP contribution in [0.25, 0.3) is 0 Å². The molecule has 0 aliphatic heterocycles. The molecule has 0 heterocycles. The van der Waals surface area contributed by atoms with Gasteiger partial charge in [0.25, 0.3) is 0 Å². The van der Waals surface area contributed by atoms with Gasteiger partial charge in [0.15, 0.2) is 0 Å². The van der Waals surface area contributed by atoms with Crippen LogP contribution in [-0.4, -0.2) is 7.05 Å². The minimum Gasteiger partial charge on any atom is -0.305 e. The fourth-order valence-electron chi connectivity index (χ4n) is 2.55. The standard InChI is InChI=1S/C14H21NS/c1-15-14(16)13-9-7-12(8-10-13)11-5-3-2-4-6-11/h7-11,14-16H,2-6H2,1H3. The van der Waals surface area contributed by atoms with E-state index in [-0.39, 0.29) is 5.37 Å². The summed E-state index contributed by atoms with van der Waals surface area (Å²) in [6.45, 7) is 0. The maximum absolute atomic E-state index is 4.47. The van der Waals surface area contributed by atoms with E-state index in [1.165, 1.54) is 43.2 Å². The van der Waals surface area contributed by atoms with E-state index in [9.17, 15) is 0 Å². The van der Waals surface area contributed by atoms with Gasteiger partial charge in [-0.2, -0.15) is 12.6 Å². The van der Waals surface area contributed by atoms with Gasteiger partial charge in [0, 0.05) is 0 Å². The number of benzene rings is 1. The Labute approximate surface area is 104 Å². The van der Waals surface area contributed by atoms with Crippen molar-refractivity contribution in [2.45, 2.75) is 43.4 Å². The summed E-state index contributed by atoms with van der Waals surface area (Å²) >= 11 is 4.47. The molecule has 88 valence electrons. The van der Waals surface area contributed by atoms with Crippen LogP contribution in [0.3, 0.4) is 0 Å². The monoisotopic (exact) mass is 235 g/mol. The van der Waals surface area contributed by atoms with Crippen molar-refractivity contribution in [2.75, 3.05) is 7.05 Å². The van der Waals surface area contributed by atoms with Gasteiger partial charge in [0.05, 0.1) is 5.37 Å². The van der Waals surface area contributed by atoms with Crippen LogP contribution in [0.5, 0.6) is 0 Å². The lowest BCUT2D eigenvalue weighted by Gasteiger charge is -2.22. The Hall–Kier alpha value is -0.470. The quantitative estimate of drug-likeness (QED) is 0.598. The molecule has 1 aromatic rings. The summed E-state index contributed by atoms with van der Waals surface area (Å²) in [6, 6.07) is 8.98. The summed E-state index contributed by atoms with van der Waals surface area (Å²) in [6.07, 6.45) is 6.97. The van der Waals surface area contributed by atoms with Gasteiger partial charge in [-0.15, -0.1) is 0 Å². The Morgan fingerprint density at radius 3 is 2.31 bits per heavy atom. The van der Waals surface area contributed by atoms with Gasteiger partial charge in [-0.3, -0.25) is 0 Å². The van der Waals surface area contributed by atoms with E-state index in [0.29, 0.717) is 0 Å². The highest BCUT2D eigenvalue weighted by Gasteiger charge is 2.15. The molecule has 1 atom stereocenters. The summed E-state index contributed by atoms with van der Waals surface area (Å²) in [7, 11) is 1.94. The molecule has 1 aromatic carbocycles. The first-order valence-electron chi connectivity index (χ1n) is 6.26. The van der Waals surface area contributed by atoms with E-state index < -0.39 is 0 Å². The second kappa shape index (κ2) is 5.74. The van der Waals surface area contributed by atoms with Gasteiger partial charge in [0.2, 0.25) is 0 Å². The number of hydrogen-bond acceptors (Lipinski definition) is 2. The minimum atomic E-state index is 0.153. The van der Waals surface area contributed by atoms with Crippen molar-refractivity contribution in [3.05, 3.63) is 35.4 Å². The van der Waals surface area contributed by atoms with Crippen LogP contribution in [0.2, 0.25) is 0 Å². The molecule has 0 bridgehead atoms.